The summed E-state index contributed by atoms with van der Waals surface area (Å²) < 4.78 is 6.04. The van der Waals surface area contributed by atoms with Gasteiger partial charge in [0.15, 0.2) is 0 Å². The van der Waals surface area contributed by atoms with Gasteiger partial charge in [0.05, 0.1) is 22.8 Å². The fraction of sp³-hybridized carbons (Fsp3) is 0.217. The monoisotopic (exact) mass is 429 g/mol. The van der Waals surface area contributed by atoms with E-state index >= 15 is 0 Å². The molecule has 3 aromatic rings. The summed E-state index contributed by atoms with van der Waals surface area (Å²) in [5, 5.41) is 1.18. The summed E-state index contributed by atoms with van der Waals surface area (Å²) in [4.78, 5) is 4.55. The number of nitrogens with zero attached hydrogens (tertiary/aromatic N) is 1. The van der Waals surface area contributed by atoms with E-state index in [1.165, 1.54) is 11.1 Å². The van der Waals surface area contributed by atoms with Gasteiger partial charge in [0.25, 0.3) is 0 Å². The highest BCUT2D eigenvalue weighted by Crippen LogP contribution is 2.37. The highest BCUT2D eigenvalue weighted by Gasteiger charge is 2.22. The van der Waals surface area contributed by atoms with Crippen molar-refractivity contribution in [2.45, 2.75) is 22.4 Å². The first-order valence-electron chi connectivity index (χ1n) is 9.29. The van der Waals surface area contributed by atoms with Crippen LogP contribution in [-0.2, 0) is 11.3 Å². The van der Waals surface area contributed by atoms with Crippen molar-refractivity contribution in [3.05, 3.63) is 94.0 Å². The SMILES string of the molecule is Clc1cccc(Sc2ccc(C3CN(Cc4ccccc4)CCO3)cc2)c1Cl. The van der Waals surface area contributed by atoms with Crippen LogP contribution in [0.1, 0.15) is 17.2 Å². The number of hydrogen-bond donors (Lipinski definition) is 0. The summed E-state index contributed by atoms with van der Waals surface area (Å²) >= 11 is 14.0. The summed E-state index contributed by atoms with van der Waals surface area (Å²) in [5.41, 5.74) is 2.55. The molecule has 144 valence electrons. The first kappa shape index (κ1) is 19.8. The Kier molecular flexibility index (Phi) is 6.61. The second kappa shape index (κ2) is 9.34. The minimum absolute atomic E-state index is 0.103. The molecule has 0 bridgehead atoms. The highest BCUT2D eigenvalue weighted by molar-refractivity contribution is 7.99. The van der Waals surface area contributed by atoms with Gasteiger partial charge in [-0.3, -0.25) is 4.90 Å². The van der Waals surface area contributed by atoms with Crippen LogP contribution in [-0.4, -0.2) is 24.6 Å². The summed E-state index contributed by atoms with van der Waals surface area (Å²) in [7, 11) is 0. The zero-order valence-electron chi connectivity index (χ0n) is 15.4. The van der Waals surface area contributed by atoms with Gasteiger partial charge in [-0.05, 0) is 35.4 Å². The van der Waals surface area contributed by atoms with Crippen LogP contribution in [0.2, 0.25) is 10.0 Å². The molecule has 5 heteroatoms. The molecule has 1 atom stereocenters. The Bertz CT molecular complexity index is 918. The van der Waals surface area contributed by atoms with Crippen LogP contribution >= 0.6 is 35.0 Å². The molecule has 1 heterocycles. The van der Waals surface area contributed by atoms with Crippen LogP contribution in [0.15, 0.2) is 82.6 Å². The molecular weight excluding hydrogens is 409 g/mol. The van der Waals surface area contributed by atoms with Crippen molar-refractivity contribution in [1.82, 2.24) is 4.90 Å². The minimum Gasteiger partial charge on any atom is -0.371 e. The number of hydrogen-bond acceptors (Lipinski definition) is 3. The lowest BCUT2D eigenvalue weighted by atomic mass is 10.1. The molecule has 3 aromatic carbocycles. The fourth-order valence-electron chi connectivity index (χ4n) is 3.33. The lowest BCUT2D eigenvalue weighted by Gasteiger charge is -2.33. The molecule has 2 nitrogen and oxygen atoms in total. The maximum absolute atomic E-state index is 6.30. The molecule has 1 aliphatic heterocycles. The smallest absolute Gasteiger partial charge is 0.0952 e. The number of halogens is 2. The van der Waals surface area contributed by atoms with Crippen molar-refractivity contribution in [2.24, 2.45) is 0 Å². The molecule has 0 aromatic heterocycles. The van der Waals surface area contributed by atoms with Crippen LogP contribution in [0, 0.1) is 0 Å². The first-order valence-corrected chi connectivity index (χ1v) is 10.9. The predicted molar refractivity (Wildman–Crippen MR) is 117 cm³/mol. The van der Waals surface area contributed by atoms with Gasteiger partial charge in [0.1, 0.15) is 0 Å². The molecule has 0 N–H and O–H groups in total. The minimum atomic E-state index is 0.103. The molecule has 1 unspecified atom stereocenters. The molecule has 0 aliphatic carbocycles. The van der Waals surface area contributed by atoms with Crippen molar-refractivity contribution in [3.63, 3.8) is 0 Å². The van der Waals surface area contributed by atoms with Gasteiger partial charge >= 0.3 is 0 Å². The number of benzene rings is 3. The average Bonchev–Trinajstić information content (AvgIpc) is 2.73. The van der Waals surface area contributed by atoms with E-state index in [0.717, 1.165) is 36.0 Å². The van der Waals surface area contributed by atoms with Crippen LogP contribution in [0.3, 0.4) is 0 Å². The zero-order valence-corrected chi connectivity index (χ0v) is 17.7. The topological polar surface area (TPSA) is 12.5 Å². The van der Waals surface area contributed by atoms with Gasteiger partial charge in [0.2, 0.25) is 0 Å². The molecule has 0 saturated carbocycles. The Morgan fingerprint density at radius 2 is 1.71 bits per heavy atom. The Labute approximate surface area is 180 Å². The number of rotatable bonds is 5. The van der Waals surface area contributed by atoms with Crippen molar-refractivity contribution in [3.8, 4) is 0 Å². The number of morpholine rings is 1. The van der Waals surface area contributed by atoms with Gasteiger partial charge in [-0.2, -0.15) is 0 Å². The van der Waals surface area contributed by atoms with Crippen molar-refractivity contribution >= 4 is 35.0 Å². The van der Waals surface area contributed by atoms with E-state index in [1.54, 1.807) is 17.8 Å². The quantitative estimate of drug-likeness (QED) is 0.446. The van der Waals surface area contributed by atoms with Crippen molar-refractivity contribution < 1.29 is 4.74 Å². The largest absolute Gasteiger partial charge is 0.371 e. The summed E-state index contributed by atoms with van der Waals surface area (Å²) in [6.45, 7) is 3.59. The molecule has 0 spiro atoms. The van der Waals surface area contributed by atoms with Crippen LogP contribution < -0.4 is 0 Å². The molecule has 1 fully saturated rings. The van der Waals surface area contributed by atoms with Gasteiger partial charge in [0, 0.05) is 29.4 Å². The van der Waals surface area contributed by atoms with Gasteiger partial charge < -0.3 is 4.74 Å². The van der Waals surface area contributed by atoms with Crippen LogP contribution in [0.5, 0.6) is 0 Å². The molecule has 0 radical (unpaired) electrons. The average molecular weight is 430 g/mol. The maximum atomic E-state index is 6.30. The van der Waals surface area contributed by atoms with E-state index in [4.69, 9.17) is 27.9 Å². The first-order chi connectivity index (χ1) is 13.7. The molecule has 28 heavy (non-hydrogen) atoms. The molecule has 1 saturated heterocycles. The Morgan fingerprint density at radius 3 is 2.50 bits per heavy atom. The lowest BCUT2D eigenvalue weighted by Crippen LogP contribution is -2.37. The lowest BCUT2D eigenvalue weighted by molar-refractivity contribution is -0.0329. The molecular formula is C23H21Cl2NOS. The van der Waals surface area contributed by atoms with Gasteiger partial charge in [-0.1, -0.05) is 83.5 Å². The summed E-state index contributed by atoms with van der Waals surface area (Å²) in [6, 6.07) is 24.9. The van der Waals surface area contributed by atoms with E-state index in [0.29, 0.717) is 10.0 Å². The van der Waals surface area contributed by atoms with Crippen LogP contribution in [0.25, 0.3) is 0 Å². The standard InChI is InChI=1S/C23H21Cl2NOS/c24-20-7-4-8-22(23(20)25)28-19-11-9-18(10-12-19)21-16-26(13-14-27-21)15-17-5-2-1-3-6-17/h1-12,21H,13-16H2. The summed E-state index contributed by atoms with van der Waals surface area (Å²) in [6.07, 6.45) is 0.103. The van der Waals surface area contributed by atoms with E-state index in [2.05, 4.69) is 59.5 Å². The Balaban J connectivity index is 1.41. The second-order valence-corrected chi connectivity index (χ2v) is 8.70. The third kappa shape index (κ3) is 4.91. The normalized spacial score (nSPS) is 17.6. The second-order valence-electron chi connectivity index (χ2n) is 6.80. The Morgan fingerprint density at radius 1 is 0.929 bits per heavy atom. The maximum Gasteiger partial charge on any atom is 0.0952 e. The van der Waals surface area contributed by atoms with E-state index < -0.39 is 0 Å². The highest BCUT2D eigenvalue weighted by atomic mass is 35.5. The third-order valence-electron chi connectivity index (χ3n) is 4.80. The molecule has 1 aliphatic rings. The third-order valence-corrected chi connectivity index (χ3v) is 6.79. The van der Waals surface area contributed by atoms with Gasteiger partial charge in [-0.15, -0.1) is 0 Å². The van der Waals surface area contributed by atoms with Crippen molar-refractivity contribution in [2.75, 3.05) is 19.7 Å². The zero-order chi connectivity index (χ0) is 19.3. The Hall–Kier alpha value is -1.49. The van der Waals surface area contributed by atoms with E-state index in [1.807, 2.05) is 12.1 Å². The van der Waals surface area contributed by atoms with E-state index in [-0.39, 0.29) is 6.10 Å². The number of ether oxygens (including phenoxy) is 1. The van der Waals surface area contributed by atoms with Gasteiger partial charge in [-0.25, -0.2) is 0 Å². The van der Waals surface area contributed by atoms with E-state index in [9.17, 15) is 0 Å². The van der Waals surface area contributed by atoms with Crippen LogP contribution in [0.4, 0.5) is 0 Å². The summed E-state index contributed by atoms with van der Waals surface area (Å²) in [5.74, 6) is 0. The fourth-order valence-corrected chi connectivity index (χ4v) is 4.67. The molecule has 0 amide bonds. The molecule has 4 rings (SSSR count). The van der Waals surface area contributed by atoms with Crippen molar-refractivity contribution in [1.29, 1.82) is 0 Å². The predicted octanol–water partition coefficient (Wildman–Crippen LogP) is 6.72.